The minimum Gasteiger partial charge on any atom is -0.335 e. The number of aryl methyl sites for hydroxylation is 1. The number of hydrogen-bond donors (Lipinski definition) is 1. The molecule has 0 radical (unpaired) electrons. The van der Waals surface area contributed by atoms with Crippen LogP contribution in [0.4, 0.5) is 5.69 Å². The van der Waals surface area contributed by atoms with Crippen LogP contribution < -0.4 is 5.32 Å². The zero-order valence-corrected chi connectivity index (χ0v) is 10.9. The molecule has 0 saturated heterocycles. The molecule has 0 saturated carbocycles. The van der Waals surface area contributed by atoms with Crippen LogP contribution in [-0.4, -0.2) is 15.5 Å². The Morgan fingerprint density at radius 3 is 3.15 bits per heavy atom. The van der Waals surface area contributed by atoms with Crippen LogP contribution in [0.2, 0.25) is 0 Å². The van der Waals surface area contributed by atoms with Gasteiger partial charge in [0.05, 0.1) is 17.6 Å². The number of nitrogens with one attached hydrogen (secondary N) is 1. The Morgan fingerprint density at radius 1 is 1.45 bits per heavy atom. The van der Waals surface area contributed by atoms with Crippen LogP contribution in [-0.2, 0) is 17.8 Å². The maximum atomic E-state index is 12.3. The molecule has 1 N–H and O–H groups in total. The summed E-state index contributed by atoms with van der Waals surface area (Å²) in [6.45, 7) is 0.813. The third kappa shape index (κ3) is 2.28. The van der Waals surface area contributed by atoms with Gasteiger partial charge in [0.15, 0.2) is 0 Å². The number of nitrogens with zero attached hydrogens (tertiary/aromatic N) is 3. The maximum Gasteiger partial charge on any atom is 0.227 e. The topological polar surface area (TPSA) is 70.7 Å². The van der Waals surface area contributed by atoms with Crippen molar-refractivity contribution in [2.75, 3.05) is 5.32 Å². The van der Waals surface area contributed by atoms with E-state index in [9.17, 15) is 4.79 Å². The molecule has 0 spiro atoms. The van der Waals surface area contributed by atoms with E-state index in [0.29, 0.717) is 17.7 Å². The lowest BCUT2D eigenvalue weighted by atomic mass is 9.95. The highest BCUT2D eigenvalue weighted by Gasteiger charge is 2.25. The average molecular weight is 266 g/mol. The smallest absolute Gasteiger partial charge is 0.227 e. The largest absolute Gasteiger partial charge is 0.335 e. The third-order valence-corrected chi connectivity index (χ3v) is 3.65. The Balaban J connectivity index is 1.73. The molecule has 20 heavy (non-hydrogen) atoms. The van der Waals surface area contributed by atoms with E-state index in [0.717, 1.165) is 18.7 Å². The van der Waals surface area contributed by atoms with Crippen molar-refractivity contribution >= 4 is 11.6 Å². The lowest BCUT2D eigenvalue weighted by Crippen LogP contribution is -2.30. The number of carbonyl (C=O) groups is 1. The van der Waals surface area contributed by atoms with Gasteiger partial charge in [0.2, 0.25) is 5.91 Å². The zero-order chi connectivity index (χ0) is 13.9. The molecule has 0 bridgehead atoms. The highest BCUT2D eigenvalue weighted by Crippen LogP contribution is 2.22. The van der Waals surface area contributed by atoms with Gasteiger partial charge in [-0.3, -0.25) is 4.79 Å². The van der Waals surface area contributed by atoms with Crippen LogP contribution in [0.3, 0.4) is 0 Å². The fraction of sp³-hybridized carbons (Fsp3) is 0.267. The Hall–Kier alpha value is -2.61. The van der Waals surface area contributed by atoms with Gasteiger partial charge in [0, 0.05) is 30.8 Å². The standard InChI is InChI=1S/C15H14N4O/c16-8-12-3-1-2-4-14(12)18-15(20)11-5-6-19-10-17-9-13(19)7-11/h1-4,9-11H,5-7H2,(H,18,20). The van der Waals surface area contributed by atoms with Crippen molar-refractivity contribution in [1.82, 2.24) is 9.55 Å². The van der Waals surface area contributed by atoms with Gasteiger partial charge < -0.3 is 9.88 Å². The quantitative estimate of drug-likeness (QED) is 0.903. The minimum absolute atomic E-state index is 0.0276. The third-order valence-electron chi connectivity index (χ3n) is 3.65. The van der Waals surface area contributed by atoms with Gasteiger partial charge in [-0.1, -0.05) is 12.1 Å². The van der Waals surface area contributed by atoms with Crippen molar-refractivity contribution in [3.05, 3.63) is 48.0 Å². The van der Waals surface area contributed by atoms with Crippen LogP contribution in [0.25, 0.3) is 0 Å². The molecule has 1 amide bonds. The van der Waals surface area contributed by atoms with Crippen molar-refractivity contribution in [3.8, 4) is 6.07 Å². The molecule has 1 unspecified atom stereocenters. The van der Waals surface area contributed by atoms with Gasteiger partial charge >= 0.3 is 0 Å². The van der Waals surface area contributed by atoms with E-state index in [1.165, 1.54) is 0 Å². The number of fused-ring (bicyclic) bond motifs is 1. The fourth-order valence-corrected chi connectivity index (χ4v) is 2.52. The van der Waals surface area contributed by atoms with Gasteiger partial charge in [-0.2, -0.15) is 5.26 Å². The number of benzene rings is 1. The summed E-state index contributed by atoms with van der Waals surface area (Å²) < 4.78 is 2.08. The number of para-hydroxylation sites is 1. The minimum atomic E-state index is -0.0639. The number of amides is 1. The molecule has 2 heterocycles. The van der Waals surface area contributed by atoms with Crippen LogP contribution in [0.5, 0.6) is 0 Å². The van der Waals surface area contributed by atoms with Gasteiger partial charge in [-0.25, -0.2) is 4.98 Å². The fourth-order valence-electron chi connectivity index (χ4n) is 2.52. The van der Waals surface area contributed by atoms with Crippen LogP contribution in [0, 0.1) is 17.2 Å². The summed E-state index contributed by atoms with van der Waals surface area (Å²) in [5.41, 5.74) is 2.16. The molecular weight excluding hydrogens is 252 g/mol. The number of imidazole rings is 1. The second-order valence-corrected chi connectivity index (χ2v) is 4.91. The molecular formula is C15H14N4O. The summed E-state index contributed by atoms with van der Waals surface area (Å²) in [5, 5.41) is 11.9. The first-order valence-corrected chi connectivity index (χ1v) is 6.57. The highest BCUT2D eigenvalue weighted by atomic mass is 16.1. The Labute approximate surface area is 116 Å². The SMILES string of the molecule is N#Cc1ccccc1NC(=O)C1CCn2cncc2C1. The van der Waals surface area contributed by atoms with Crippen molar-refractivity contribution in [3.63, 3.8) is 0 Å². The first-order chi connectivity index (χ1) is 9.78. The number of anilines is 1. The Morgan fingerprint density at radius 2 is 2.30 bits per heavy atom. The summed E-state index contributed by atoms with van der Waals surface area (Å²) in [7, 11) is 0. The molecule has 5 nitrogen and oxygen atoms in total. The monoisotopic (exact) mass is 266 g/mol. The van der Waals surface area contributed by atoms with E-state index in [1.807, 2.05) is 12.3 Å². The molecule has 0 aliphatic carbocycles. The molecule has 100 valence electrons. The van der Waals surface area contributed by atoms with Gasteiger partial charge in [-0.05, 0) is 18.6 Å². The summed E-state index contributed by atoms with van der Waals surface area (Å²) in [4.78, 5) is 16.4. The number of aromatic nitrogens is 2. The van der Waals surface area contributed by atoms with E-state index < -0.39 is 0 Å². The van der Waals surface area contributed by atoms with E-state index in [-0.39, 0.29) is 11.8 Å². The van der Waals surface area contributed by atoms with Gasteiger partial charge in [0.1, 0.15) is 6.07 Å². The second kappa shape index (κ2) is 5.17. The summed E-state index contributed by atoms with van der Waals surface area (Å²) in [5.74, 6) is -0.0916. The first-order valence-electron chi connectivity index (χ1n) is 6.57. The van der Waals surface area contributed by atoms with Crippen LogP contribution >= 0.6 is 0 Å². The maximum absolute atomic E-state index is 12.3. The molecule has 1 aromatic heterocycles. The number of nitriles is 1. The summed E-state index contributed by atoms with van der Waals surface area (Å²) >= 11 is 0. The van der Waals surface area contributed by atoms with E-state index in [4.69, 9.17) is 5.26 Å². The van der Waals surface area contributed by atoms with Gasteiger partial charge in [-0.15, -0.1) is 0 Å². The number of carbonyl (C=O) groups excluding carboxylic acids is 1. The number of rotatable bonds is 2. The first kappa shape index (κ1) is 12.4. The lowest BCUT2D eigenvalue weighted by molar-refractivity contribution is -0.120. The normalized spacial score (nSPS) is 17.1. The summed E-state index contributed by atoms with van der Waals surface area (Å²) in [6, 6.07) is 9.14. The van der Waals surface area contributed by atoms with Gasteiger partial charge in [0.25, 0.3) is 0 Å². The molecule has 0 fully saturated rings. The van der Waals surface area contributed by atoms with Crippen molar-refractivity contribution in [2.24, 2.45) is 5.92 Å². The number of hydrogen-bond acceptors (Lipinski definition) is 3. The van der Waals surface area contributed by atoms with E-state index >= 15 is 0 Å². The molecule has 1 aromatic carbocycles. The highest BCUT2D eigenvalue weighted by molar-refractivity contribution is 5.94. The lowest BCUT2D eigenvalue weighted by Gasteiger charge is -2.23. The Kier molecular flexibility index (Phi) is 3.21. The molecule has 1 atom stereocenters. The zero-order valence-electron chi connectivity index (χ0n) is 10.9. The van der Waals surface area contributed by atoms with Crippen molar-refractivity contribution < 1.29 is 4.79 Å². The molecule has 2 aromatic rings. The van der Waals surface area contributed by atoms with Crippen molar-refractivity contribution in [1.29, 1.82) is 5.26 Å². The molecule has 1 aliphatic rings. The van der Waals surface area contributed by atoms with Crippen LogP contribution in [0.1, 0.15) is 17.7 Å². The predicted molar refractivity (Wildman–Crippen MR) is 73.8 cm³/mol. The molecule has 1 aliphatic heterocycles. The molecule has 3 rings (SSSR count). The van der Waals surface area contributed by atoms with E-state index in [2.05, 4.69) is 20.9 Å². The second-order valence-electron chi connectivity index (χ2n) is 4.91. The molecule has 5 heteroatoms. The predicted octanol–water partition coefficient (Wildman–Crippen LogP) is 1.96. The van der Waals surface area contributed by atoms with Crippen LogP contribution in [0.15, 0.2) is 36.8 Å². The van der Waals surface area contributed by atoms with Crippen molar-refractivity contribution in [2.45, 2.75) is 19.4 Å². The Bertz CT molecular complexity index is 683. The van der Waals surface area contributed by atoms with E-state index in [1.54, 1.807) is 24.5 Å². The average Bonchev–Trinajstić information content (AvgIpc) is 2.95. The summed E-state index contributed by atoms with van der Waals surface area (Å²) in [6.07, 6.45) is 5.10.